The van der Waals surface area contributed by atoms with Crippen molar-refractivity contribution in [2.45, 2.75) is 26.0 Å². The van der Waals surface area contributed by atoms with Gasteiger partial charge in [0.2, 0.25) is 0 Å². The van der Waals surface area contributed by atoms with E-state index in [-0.39, 0.29) is 24.0 Å². The van der Waals surface area contributed by atoms with Crippen LogP contribution in [0.15, 0.2) is 42.5 Å². The Bertz CT molecular complexity index is 1020. The van der Waals surface area contributed by atoms with Crippen molar-refractivity contribution < 1.29 is 19.1 Å². The van der Waals surface area contributed by atoms with Gasteiger partial charge in [0.15, 0.2) is 0 Å². The molecule has 8 nitrogen and oxygen atoms in total. The van der Waals surface area contributed by atoms with Gasteiger partial charge in [0.25, 0.3) is 5.91 Å². The first kappa shape index (κ1) is 25.8. The average molecular weight is 489 g/mol. The first-order chi connectivity index (χ1) is 16.2. The van der Waals surface area contributed by atoms with Crippen LogP contribution in [0.1, 0.15) is 24.2 Å². The minimum absolute atomic E-state index is 0.114. The Kier molecular flexibility index (Phi) is 8.77. The Hall–Kier alpha value is -2.81. The maximum atomic E-state index is 13.4. The van der Waals surface area contributed by atoms with Gasteiger partial charge in [-0.3, -0.25) is 9.69 Å². The Morgan fingerprint density at radius 2 is 1.79 bits per heavy atom. The maximum Gasteiger partial charge on any atom is 0.323 e. The predicted molar refractivity (Wildman–Crippen MR) is 135 cm³/mol. The molecule has 0 fully saturated rings. The van der Waals surface area contributed by atoms with Crippen LogP contribution in [0.25, 0.3) is 0 Å². The highest BCUT2D eigenvalue weighted by atomic mass is 35.5. The molecular weight excluding hydrogens is 456 g/mol. The van der Waals surface area contributed by atoms with Crippen LogP contribution in [0, 0.1) is 5.92 Å². The normalized spacial score (nSPS) is 22.1. The van der Waals surface area contributed by atoms with Gasteiger partial charge >= 0.3 is 6.03 Å². The van der Waals surface area contributed by atoms with E-state index in [1.807, 2.05) is 0 Å². The van der Waals surface area contributed by atoms with Crippen LogP contribution >= 0.6 is 11.6 Å². The third kappa shape index (κ3) is 6.62. The van der Waals surface area contributed by atoms with Crippen molar-refractivity contribution >= 4 is 34.9 Å². The number of nitrogens with one attached hydrogen (secondary N) is 2. The molecule has 0 radical (unpaired) electrons. The number of hydrogen-bond donors (Lipinski definition) is 2. The number of hydrogen-bond acceptors (Lipinski definition) is 5. The molecule has 1 aliphatic rings. The highest BCUT2D eigenvalue weighted by Gasteiger charge is 2.27. The molecule has 0 aliphatic carbocycles. The van der Waals surface area contributed by atoms with Crippen molar-refractivity contribution in [2.75, 3.05) is 51.5 Å². The molecule has 2 aromatic carbocycles. The van der Waals surface area contributed by atoms with Crippen LogP contribution in [0.2, 0.25) is 5.02 Å². The fourth-order valence-electron chi connectivity index (χ4n) is 3.90. The number of carbonyl (C=O) groups excluding carboxylic acids is 2. The zero-order valence-corrected chi connectivity index (χ0v) is 21.1. The van der Waals surface area contributed by atoms with Crippen molar-refractivity contribution in [3.8, 4) is 5.75 Å². The van der Waals surface area contributed by atoms with E-state index in [9.17, 15) is 9.59 Å². The number of likely N-dealkylation sites (N-methyl/N-ethyl adjacent to an activating group) is 2. The van der Waals surface area contributed by atoms with Crippen molar-refractivity contribution in [3.63, 3.8) is 0 Å². The molecular formula is C25H33ClN4O4. The van der Waals surface area contributed by atoms with E-state index in [4.69, 9.17) is 21.1 Å². The number of halogens is 1. The lowest BCUT2D eigenvalue weighted by atomic mass is 10.0. The molecule has 0 spiro atoms. The molecule has 1 heterocycles. The summed E-state index contributed by atoms with van der Waals surface area (Å²) in [5.74, 6) is 0.486. The maximum absolute atomic E-state index is 13.4. The predicted octanol–water partition coefficient (Wildman–Crippen LogP) is 4.42. The fourth-order valence-corrected chi connectivity index (χ4v) is 4.09. The topological polar surface area (TPSA) is 83.1 Å². The third-order valence-electron chi connectivity index (χ3n) is 6.10. The number of benzene rings is 2. The molecule has 3 rings (SSSR count). The largest absolute Gasteiger partial charge is 0.491 e. The Morgan fingerprint density at radius 3 is 2.47 bits per heavy atom. The second-order valence-electron chi connectivity index (χ2n) is 8.84. The standard InChI is InChI=1S/C25H33ClN4O4/c1-16-13-29(3)17(2)15-34-22-10-9-20(12-21(22)24(31)30(4)14-23(16)33-5)28-25(32)27-19-8-6-7-18(26)11-19/h6-12,16-17,23H,13-15H2,1-5H3,(H2,27,28,32)/t16-,17+,23-/m1/s1. The van der Waals surface area contributed by atoms with E-state index in [1.54, 1.807) is 61.5 Å². The summed E-state index contributed by atoms with van der Waals surface area (Å²) in [7, 11) is 5.48. The van der Waals surface area contributed by atoms with Gasteiger partial charge in [-0.15, -0.1) is 0 Å². The molecule has 1 aliphatic heterocycles. The van der Waals surface area contributed by atoms with Crippen molar-refractivity contribution in [1.29, 1.82) is 0 Å². The van der Waals surface area contributed by atoms with Crippen molar-refractivity contribution in [2.24, 2.45) is 5.92 Å². The summed E-state index contributed by atoms with van der Waals surface area (Å²) in [6.45, 7) is 5.89. The lowest BCUT2D eigenvalue weighted by molar-refractivity contribution is 0.0150. The smallest absolute Gasteiger partial charge is 0.323 e. The van der Waals surface area contributed by atoms with Gasteiger partial charge in [0.1, 0.15) is 12.4 Å². The SMILES string of the molecule is CO[C@@H]1CN(C)C(=O)c2cc(NC(=O)Nc3cccc(Cl)c3)ccc2OC[C@H](C)N(C)C[C@H]1C. The molecule has 34 heavy (non-hydrogen) atoms. The lowest BCUT2D eigenvalue weighted by Crippen LogP contribution is -2.45. The number of rotatable bonds is 3. The van der Waals surface area contributed by atoms with Crippen LogP contribution in [0.3, 0.4) is 0 Å². The quantitative estimate of drug-likeness (QED) is 0.668. The second-order valence-corrected chi connectivity index (χ2v) is 9.27. The van der Waals surface area contributed by atoms with Crippen LogP contribution in [0.4, 0.5) is 16.2 Å². The monoisotopic (exact) mass is 488 g/mol. The number of anilines is 2. The van der Waals surface area contributed by atoms with Crippen LogP contribution in [-0.4, -0.2) is 74.8 Å². The number of ether oxygens (including phenoxy) is 2. The van der Waals surface area contributed by atoms with E-state index in [0.29, 0.717) is 40.9 Å². The Balaban J connectivity index is 1.85. The van der Waals surface area contributed by atoms with Crippen LogP contribution < -0.4 is 15.4 Å². The minimum atomic E-state index is -0.444. The van der Waals surface area contributed by atoms with Crippen molar-refractivity contribution in [3.05, 3.63) is 53.1 Å². The molecule has 0 saturated heterocycles. The first-order valence-electron chi connectivity index (χ1n) is 11.3. The Morgan fingerprint density at radius 1 is 1.09 bits per heavy atom. The van der Waals surface area contributed by atoms with E-state index in [0.717, 1.165) is 6.54 Å². The molecule has 3 atom stereocenters. The minimum Gasteiger partial charge on any atom is -0.491 e. The van der Waals surface area contributed by atoms with Gasteiger partial charge in [-0.2, -0.15) is 0 Å². The zero-order chi connectivity index (χ0) is 24.8. The second kappa shape index (κ2) is 11.6. The number of nitrogens with zero attached hydrogens (tertiary/aromatic N) is 2. The van der Waals surface area contributed by atoms with Gasteiger partial charge in [-0.1, -0.05) is 24.6 Å². The summed E-state index contributed by atoms with van der Waals surface area (Å²) < 4.78 is 11.8. The fraction of sp³-hybridized carbons (Fsp3) is 0.440. The van der Waals surface area contributed by atoms with Gasteiger partial charge in [-0.25, -0.2) is 4.79 Å². The summed E-state index contributed by atoms with van der Waals surface area (Å²) in [6, 6.07) is 11.6. The molecule has 3 amide bonds. The lowest BCUT2D eigenvalue weighted by Gasteiger charge is -2.34. The van der Waals surface area contributed by atoms with E-state index >= 15 is 0 Å². The van der Waals surface area contributed by atoms with E-state index < -0.39 is 6.03 Å². The summed E-state index contributed by atoms with van der Waals surface area (Å²) in [4.78, 5) is 29.7. The molecule has 9 heteroatoms. The van der Waals surface area contributed by atoms with Crippen molar-refractivity contribution in [1.82, 2.24) is 9.80 Å². The highest BCUT2D eigenvalue weighted by Crippen LogP contribution is 2.26. The van der Waals surface area contributed by atoms with E-state index in [2.05, 4.69) is 36.4 Å². The molecule has 184 valence electrons. The van der Waals surface area contributed by atoms with Crippen LogP contribution in [-0.2, 0) is 4.74 Å². The number of carbonyl (C=O) groups is 2. The summed E-state index contributed by atoms with van der Waals surface area (Å²) in [5.41, 5.74) is 1.41. The number of amides is 3. The summed E-state index contributed by atoms with van der Waals surface area (Å²) in [6.07, 6.45) is -0.114. The molecule has 0 saturated carbocycles. The van der Waals surface area contributed by atoms with Gasteiger partial charge in [0.05, 0.1) is 11.7 Å². The molecule has 0 unspecified atom stereocenters. The zero-order valence-electron chi connectivity index (χ0n) is 20.3. The molecule has 2 aromatic rings. The van der Waals surface area contributed by atoms with Gasteiger partial charge < -0.3 is 25.0 Å². The number of fused-ring (bicyclic) bond motifs is 1. The number of urea groups is 1. The van der Waals surface area contributed by atoms with Gasteiger partial charge in [-0.05, 0) is 56.3 Å². The van der Waals surface area contributed by atoms with Gasteiger partial charge in [0, 0.05) is 49.7 Å². The van der Waals surface area contributed by atoms with Crippen LogP contribution in [0.5, 0.6) is 5.75 Å². The first-order valence-corrected chi connectivity index (χ1v) is 11.6. The summed E-state index contributed by atoms with van der Waals surface area (Å²) in [5, 5.41) is 6.03. The van der Waals surface area contributed by atoms with E-state index in [1.165, 1.54) is 0 Å². The number of methoxy groups -OCH3 is 1. The average Bonchev–Trinajstić information content (AvgIpc) is 2.79. The molecule has 0 bridgehead atoms. The molecule has 2 N–H and O–H groups in total. The molecule has 0 aromatic heterocycles. The Labute approximate surface area is 206 Å². The summed E-state index contributed by atoms with van der Waals surface area (Å²) >= 11 is 5.98. The highest BCUT2D eigenvalue weighted by molar-refractivity contribution is 6.30. The third-order valence-corrected chi connectivity index (χ3v) is 6.33.